The Morgan fingerprint density at radius 2 is 1.80 bits per heavy atom. The van der Waals surface area contributed by atoms with Crippen molar-refractivity contribution in [2.24, 2.45) is 10.9 Å². The molecule has 6 nitrogen and oxygen atoms in total. The van der Waals surface area contributed by atoms with Gasteiger partial charge in [-0.1, -0.05) is 13.8 Å². The average molecular weight is 421 g/mol. The first-order chi connectivity index (χ1) is 8.85. The lowest BCUT2D eigenvalue weighted by molar-refractivity contribution is 0.154. The average Bonchev–Trinajstić information content (AvgIpc) is 2.29. The standard InChI is InChI=1S/C12H27N3O3S.HI/c1-11(2)5-6-14-12(13-3)15-7-8-18-9-10-19(4,16)17;/h11H,5-10H2,1-4H3,(H2,13,14,15);1H. The minimum Gasteiger partial charge on any atom is -0.379 e. The molecule has 0 saturated heterocycles. The van der Waals surface area contributed by atoms with E-state index >= 15 is 0 Å². The van der Waals surface area contributed by atoms with E-state index in [0.29, 0.717) is 19.1 Å². The first kappa shape index (κ1) is 22.2. The van der Waals surface area contributed by atoms with Crippen LogP contribution in [0.5, 0.6) is 0 Å². The summed E-state index contributed by atoms with van der Waals surface area (Å²) in [4.78, 5) is 4.08. The fourth-order valence-corrected chi connectivity index (χ4v) is 1.67. The Morgan fingerprint density at radius 1 is 1.20 bits per heavy atom. The molecule has 0 spiro atoms. The van der Waals surface area contributed by atoms with Crippen molar-refractivity contribution in [1.82, 2.24) is 10.6 Å². The minimum atomic E-state index is -2.93. The second kappa shape index (κ2) is 12.6. The smallest absolute Gasteiger partial charge is 0.191 e. The molecule has 2 N–H and O–H groups in total. The number of hydrogen-bond acceptors (Lipinski definition) is 4. The minimum absolute atomic E-state index is 0. The summed E-state index contributed by atoms with van der Waals surface area (Å²) in [6.07, 6.45) is 2.29. The van der Waals surface area contributed by atoms with Gasteiger partial charge in [-0.2, -0.15) is 0 Å². The summed E-state index contributed by atoms with van der Waals surface area (Å²) in [6, 6.07) is 0. The van der Waals surface area contributed by atoms with E-state index in [9.17, 15) is 8.42 Å². The van der Waals surface area contributed by atoms with Gasteiger partial charge in [0.25, 0.3) is 0 Å². The highest BCUT2D eigenvalue weighted by Crippen LogP contribution is 1.95. The molecule has 0 aromatic heterocycles. The Balaban J connectivity index is 0. The number of hydrogen-bond donors (Lipinski definition) is 2. The van der Waals surface area contributed by atoms with Crippen LogP contribution in [0.3, 0.4) is 0 Å². The molecule has 0 aliphatic heterocycles. The predicted octanol–water partition coefficient (Wildman–Crippen LogP) is 0.877. The first-order valence-corrected chi connectivity index (χ1v) is 8.61. The van der Waals surface area contributed by atoms with Gasteiger partial charge in [-0.25, -0.2) is 8.42 Å². The van der Waals surface area contributed by atoms with Gasteiger partial charge in [-0.3, -0.25) is 4.99 Å². The van der Waals surface area contributed by atoms with Crippen LogP contribution in [-0.4, -0.2) is 59.7 Å². The van der Waals surface area contributed by atoms with E-state index in [0.717, 1.165) is 18.9 Å². The van der Waals surface area contributed by atoms with Crippen LogP contribution in [0.4, 0.5) is 0 Å². The van der Waals surface area contributed by atoms with E-state index in [-0.39, 0.29) is 36.3 Å². The SMILES string of the molecule is CN=C(NCCOCCS(C)(=O)=O)NCCC(C)C.I. The third-order valence-electron chi connectivity index (χ3n) is 2.38. The van der Waals surface area contributed by atoms with Gasteiger partial charge in [0.1, 0.15) is 9.84 Å². The van der Waals surface area contributed by atoms with Gasteiger partial charge in [0.15, 0.2) is 5.96 Å². The van der Waals surface area contributed by atoms with E-state index in [1.165, 1.54) is 6.26 Å². The van der Waals surface area contributed by atoms with Crippen LogP contribution in [0.15, 0.2) is 4.99 Å². The quantitative estimate of drug-likeness (QED) is 0.250. The first-order valence-electron chi connectivity index (χ1n) is 6.55. The van der Waals surface area contributed by atoms with E-state index in [1.807, 2.05) is 0 Å². The van der Waals surface area contributed by atoms with Gasteiger partial charge in [0.2, 0.25) is 0 Å². The molecule has 0 aromatic carbocycles. The van der Waals surface area contributed by atoms with Crippen LogP contribution in [0.1, 0.15) is 20.3 Å². The normalized spacial score (nSPS) is 12.2. The van der Waals surface area contributed by atoms with Crippen molar-refractivity contribution in [3.8, 4) is 0 Å². The molecule has 0 aromatic rings. The second-order valence-electron chi connectivity index (χ2n) is 4.85. The van der Waals surface area contributed by atoms with Gasteiger partial charge in [-0.15, -0.1) is 24.0 Å². The van der Waals surface area contributed by atoms with Gasteiger partial charge in [-0.05, 0) is 12.3 Å². The lowest BCUT2D eigenvalue weighted by Crippen LogP contribution is -2.39. The number of sulfone groups is 1. The molecule has 0 bridgehead atoms. The molecular weight excluding hydrogens is 393 g/mol. The van der Waals surface area contributed by atoms with Crippen LogP contribution >= 0.6 is 24.0 Å². The number of nitrogens with zero attached hydrogens (tertiary/aromatic N) is 1. The summed E-state index contributed by atoms with van der Waals surface area (Å²) in [5.74, 6) is 1.46. The molecule has 8 heteroatoms. The Labute approximate surface area is 140 Å². The fourth-order valence-electron chi connectivity index (χ4n) is 1.25. The highest BCUT2D eigenvalue weighted by Gasteiger charge is 2.01. The van der Waals surface area contributed by atoms with E-state index in [2.05, 4.69) is 29.5 Å². The lowest BCUT2D eigenvalue weighted by Gasteiger charge is -2.12. The largest absolute Gasteiger partial charge is 0.379 e. The van der Waals surface area contributed by atoms with E-state index in [4.69, 9.17) is 4.74 Å². The van der Waals surface area contributed by atoms with Crippen molar-refractivity contribution >= 4 is 39.8 Å². The third-order valence-corrected chi connectivity index (χ3v) is 3.28. The predicted molar refractivity (Wildman–Crippen MR) is 94.8 cm³/mol. The number of ether oxygens (including phenoxy) is 1. The van der Waals surface area contributed by atoms with Crippen molar-refractivity contribution in [3.63, 3.8) is 0 Å². The maximum Gasteiger partial charge on any atom is 0.191 e. The fraction of sp³-hybridized carbons (Fsp3) is 0.917. The molecule has 0 aliphatic carbocycles. The molecular formula is C12H28IN3O3S. The molecule has 20 heavy (non-hydrogen) atoms. The van der Waals surface area contributed by atoms with Gasteiger partial charge in [0, 0.05) is 26.4 Å². The van der Waals surface area contributed by atoms with Crippen LogP contribution < -0.4 is 10.6 Å². The number of rotatable bonds is 9. The van der Waals surface area contributed by atoms with Crippen LogP contribution in [-0.2, 0) is 14.6 Å². The number of halogens is 1. The van der Waals surface area contributed by atoms with E-state index < -0.39 is 9.84 Å². The number of aliphatic imine (C=N–C) groups is 1. The maximum absolute atomic E-state index is 10.9. The molecule has 0 heterocycles. The summed E-state index contributed by atoms with van der Waals surface area (Å²) >= 11 is 0. The highest BCUT2D eigenvalue weighted by molar-refractivity contribution is 14.0. The lowest BCUT2D eigenvalue weighted by atomic mass is 10.1. The number of nitrogens with one attached hydrogen (secondary N) is 2. The molecule has 0 unspecified atom stereocenters. The van der Waals surface area contributed by atoms with Gasteiger partial charge >= 0.3 is 0 Å². The molecule has 0 atom stereocenters. The zero-order valence-electron chi connectivity index (χ0n) is 12.8. The molecule has 0 radical (unpaired) electrons. The molecule has 122 valence electrons. The summed E-state index contributed by atoms with van der Waals surface area (Å²) < 4.78 is 27.0. The van der Waals surface area contributed by atoms with Crippen molar-refractivity contribution in [3.05, 3.63) is 0 Å². The van der Waals surface area contributed by atoms with Crippen LogP contribution in [0.2, 0.25) is 0 Å². The second-order valence-corrected chi connectivity index (χ2v) is 7.11. The number of guanidine groups is 1. The highest BCUT2D eigenvalue weighted by atomic mass is 127. The Hall–Kier alpha value is -0.0900. The van der Waals surface area contributed by atoms with Crippen molar-refractivity contribution < 1.29 is 13.2 Å². The Bertz CT molecular complexity index is 359. The van der Waals surface area contributed by atoms with Gasteiger partial charge in [0.05, 0.1) is 19.0 Å². The third kappa shape index (κ3) is 16.0. The Morgan fingerprint density at radius 3 is 2.30 bits per heavy atom. The monoisotopic (exact) mass is 421 g/mol. The van der Waals surface area contributed by atoms with Crippen LogP contribution in [0.25, 0.3) is 0 Å². The summed E-state index contributed by atoms with van der Waals surface area (Å²) in [7, 11) is -1.22. The topological polar surface area (TPSA) is 79.8 Å². The zero-order chi connectivity index (χ0) is 14.7. The maximum atomic E-state index is 10.9. The molecule has 0 aliphatic rings. The van der Waals surface area contributed by atoms with Crippen molar-refractivity contribution in [1.29, 1.82) is 0 Å². The van der Waals surface area contributed by atoms with E-state index in [1.54, 1.807) is 7.05 Å². The van der Waals surface area contributed by atoms with Crippen molar-refractivity contribution in [2.45, 2.75) is 20.3 Å². The van der Waals surface area contributed by atoms with Gasteiger partial charge < -0.3 is 15.4 Å². The summed E-state index contributed by atoms with van der Waals surface area (Å²) in [5, 5.41) is 6.31. The zero-order valence-corrected chi connectivity index (χ0v) is 16.0. The Kier molecular flexibility index (Phi) is 14.0. The van der Waals surface area contributed by atoms with Crippen LogP contribution in [0, 0.1) is 5.92 Å². The molecule has 0 rings (SSSR count). The molecule has 0 fully saturated rings. The molecule has 0 saturated carbocycles. The summed E-state index contributed by atoms with van der Waals surface area (Å²) in [6.45, 7) is 6.53. The summed E-state index contributed by atoms with van der Waals surface area (Å²) in [5.41, 5.74) is 0. The van der Waals surface area contributed by atoms with Crippen molar-refractivity contribution in [2.75, 3.05) is 45.4 Å². The molecule has 0 amide bonds.